The van der Waals surface area contributed by atoms with Gasteiger partial charge in [-0.3, -0.25) is 14.9 Å². The fourth-order valence-electron chi connectivity index (χ4n) is 3.07. The molecule has 1 amide bonds. The van der Waals surface area contributed by atoms with Crippen molar-refractivity contribution in [2.45, 2.75) is 13.5 Å². The molecule has 3 aromatic carbocycles. The summed E-state index contributed by atoms with van der Waals surface area (Å²) in [6, 6.07) is 16.5. The molecule has 8 nitrogen and oxygen atoms in total. The minimum atomic E-state index is -0.840. The second kappa shape index (κ2) is 11.4. The number of nitro groups is 1. The van der Waals surface area contributed by atoms with Crippen molar-refractivity contribution < 1.29 is 19.2 Å². The number of aryl methyl sites for hydroxylation is 1. The van der Waals surface area contributed by atoms with Crippen LogP contribution in [0, 0.1) is 28.4 Å². The molecule has 0 radical (unpaired) electrons. The average molecular weight is 512 g/mol. The monoisotopic (exact) mass is 511 g/mol. The number of halogens is 2. The number of benzene rings is 3. The van der Waals surface area contributed by atoms with Gasteiger partial charge in [-0.2, -0.15) is 5.26 Å². The van der Waals surface area contributed by atoms with E-state index in [0.29, 0.717) is 17.1 Å². The molecule has 0 unspecified atom stereocenters. The van der Waals surface area contributed by atoms with Gasteiger partial charge in [0.05, 0.1) is 17.1 Å². The van der Waals surface area contributed by atoms with Crippen molar-refractivity contribution in [3.05, 3.63) is 97.0 Å². The third kappa shape index (κ3) is 6.51. The summed E-state index contributed by atoms with van der Waals surface area (Å²) in [4.78, 5) is 23.2. The lowest BCUT2D eigenvalue weighted by molar-refractivity contribution is -0.383. The van der Waals surface area contributed by atoms with Crippen molar-refractivity contribution in [2.24, 2.45) is 0 Å². The van der Waals surface area contributed by atoms with Gasteiger partial charge in [0, 0.05) is 11.1 Å². The molecular formula is C25H19Cl2N3O5. The Morgan fingerprint density at radius 3 is 2.51 bits per heavy atom. The van der Waals surface area contributed by atoms with Crippen LogP contribution in [0.1, 0.15) is 16.7 Å². The number of hydrogen-bond donors (Lipinski definition) is 1. The molecule has 1 N–H and O–H groups in total. The molecule has 0 fully saturated rings. The molecular weight excluding hydrogens is 493 g/mol. The molecule has 3 aromatic rings. The van der Waals surface area contributed by atoms with Crippen LogP contribution >= 0.6 is 23.2 Å². The van der Waals surface area contributed by atoms with Gasteiger partial charge in [0.1, 0.15) is 23.9 Å². The van der Waals surface area contributed by atoms with Crippen molar-refractivity contribution in [1.82, 2.24) is 0 Å². The van der Waals surface area contributed by atoms with E-state index >= 15 is 0 Å². The smallest absolute Gasteiger partial charge is 0.294 e. The van der Waals surface area contributed by atoms with Crippen molar-refractivity contribution in [3.63, 3.8) is 0 Å². The first-order chi connectivity index (χ1) is 16.7. The van der Waals surface area contributed by atoms with Gasteiger partial charge in [0.15, 0.2) is 11.5 Å². The van der Waals surface area contributed by atoms with Gasteiger partial charge in [0.25, 0.3) is 11.6 Å². The van der Waals surface area contributed by atoms with E-state index in [2.05, 4.69) is 5.32 Å². The Labute approximate surface area is 211 Å². The number of nitro benzene ring substituents is 1. The molecule has 3 rings (SSSR count). The summed E-state index contributed by atoms with van der Waals surface area (Å²) in [5.74, 6) is -0.221. The normalized spacial score (nSPS) is 10.9. The van der Waals surface area contributed by atoms with Crippen molar-refractivity contribution in [1.29, 1.82) is 5.26 Å². The molecule has 178 valence electrons. The van der Waals surface area contributed by atoms with E-state index < -0.39 is 16.5 Å². The number of carbonyl (C=O) groups excluding carboxylic acids is 1. The maximum atomic E-state index is 12.7. The number of nitrogens with one attached hydrogen (secondary N) is 1. The molecule has 0 aliphatic carbocycles. The summed E-state index contributed by atoms with van der Waals surface area (Å²) >= 11 is 12.2. The predicted octanol–water partition coefficient (Wildman–Crippen LogP) is 6.34. The van der Waals surface area contributed by atoms with E-state index in [-0.39, 0.29) is 27.9 Å². The molecule has 0 bridgehead atoms. The number of rotatable bonds is 8. The van der Waals surface area contributed by atoms with Crippen LogP contribution < -0.4 is 14.8 Å². The third-order valence-electron chi connectivity index (χ3n) is 4.84. The standard InChI is InChI=1S/C25H19Cl2N3O5/c1-15-3-5-16(6-4-15)14-35-24-20(27)10-17(11-23(24)34-2)9-18(13-28)25(31)29-21-8-7-19(26)12-22(21)30(32)33/h3-12H,14H2,1-2H3,(H,29,31). The lowest BCUT2D eigenvalue weighted by Crippen LogP contribution is -2.14. The highest BCUT2D eigenvalue weighted by atomic mass is 35.5. The SMILES string of the molecule is COc1cc(C=C(C#N)C(=O)Nc2ccc(Cl)cc2[N+](=O)[O-])cc(Cl)c1OCc1ccc(C)cc1. The molecule has 0 spiro atoms. The number of amides is 1. The van der Waals surface area contributed by atoms with Gasteiger partial charge in [0.2, 0.25) is 0 Å². The van der Waals surface area contributed by atoms with E-state index in [4.69, 9.17) is 32.7 Å². The van der Waals surface area contributed by atoms with Crippen molar-refractivity contribution >= 4 is 46.6 Å². The largest absolute Gasteiger partial charge is 0.493 e. The first-order valence-electron chi connectivity index (χ1n) is 10.1. The molecule has 0 saturated carbocycles. The van der Waals surface area contributed by atoms with Crippen LogP contribution in [0.3, 0.4) is 0 Å². The first-order valence-corrected chi connectivity index (χ1v) is 10.9. The number of nitriles is 1. The van der Waals surface area contributed by atoms with Crippen LogP contribution in [0.25, 0.3) is 6.08 Å². The molecule has 10 heteroatoms. The molecule has 0 atom stereocenters. The van der Waals surface area contributed by atoms with Crippen LogP contribution in [0.5, 0.6) is 11.5 Å². The van der Waals surface area contributed by atoms with Gasteiger partial charge < -0.3 is 14.8 Å². The molecule has 0 aliphatic heterocycles. The van der Waals surface area contributed by atoms with E-state index in [1.165, 1.54) is 31.4 Å². The minimum Gasteiger partial charge on any atom is -0.493 e. The summed E-state index contributed by atoms with van der Waals surface area (Å²) in [7, 11) is 1.44. The molecule has 35 heavy (non-hydrogen) atoms. The van der Waals surface area contributed by atoms with Crippen LogP contribution in [0.4, 0.5) is 11.4 Å². The molecule has 0 aromatic heterocycles. The Morgan fingerprint density at radius 2 is 1.89 bits per heavy atom. The Balaban J connectivity index is 1.84. The maximum Gasteiger partial charge on any atom is 0.294 e. The maximum absolute atomic E-state index is 12.7. The minimum absolute atomic E-state index is 0.0963. The summed E-state index contributed by atoms with van der Waals surface area (Å²) in [6.07, 6.45) is 1.29. The fraction of sp³-hybridized carbons (Fsp3) is 0.120. The highest BCUT2D eigenvalue weighted by Gasteiger charge is 2.19. The van der Waals surface area contributed by atoms with Gasteiger partial charge in [-0.05, 0) is 48.4 Å². The predicted molar refractivity (Wildman–Crippen MR) is 134 cm³/mol. The third-order valence-corrected chi connectivity index (χ3v) is 5.35. The quantitative estimate of drug-likeness (QED) is 0.163. The Morgan fingerprint density at radius 1 is 1.17 bits per heavy atom. The van der Waals surface area contributed by atoms with Crippen LogP contribution in [-0.4, -0.2) is 17.9 Å². The number of anilines is 1. The second-order valence-electron chi connectivity index (χ2n) is 7.35. The zero-order chi connectivity index (χ0) is 25.5. The Kier molecular flexibility index (Phi) is 8.31. The zero-order valence-corrected chi connectivity index (χ0v) is 20.2. The van der Waals surface area contributed by atoms with E-state index in [1.54, 1.807) is 12.1 Å². The van der Waals surface area contributed by atoms with Gasteiger partial charge in [-0.1, -0.05) is 53.0 Å². The van der Waals surface area contributed by atoms with E-state index in [1.807, 2.05) is 31.2 Å². The van der Waals surface area contributed by atoms with Gasteiger partial charge in [-0.25, -0.2) is 0 Å². The van der Waals surface area contributed by atoms with Gasteiger partial charge in [-0.15, -0.1) is 0 Å². The summed E-state index contributed by atoms with van der Waals surface area (Å²) in [6.45, 7) is 2.25. The van der Waals surface area contributed by atoms with Crippen LogP contribution in [-0.2, 0) is 11.4 Å². The summed E-state index contributed by atoms with van der Waals surface area (Å²) in [5, 5.41) is 23.5. The van der Waals surface area contributed by atoms with Gasteiger partial charge >= 0.3 is 0 Å². The average Bonchev–Trinajstić information content (AvgIpc) is 2.83. The second-order valence-corrected chi connectivity index (χ2v) is 8.19. The number of carbonyl (C=O) groups is 1. The Bertz CT molecular complexity index is 1350. The summed E-state index contributed by atoms with van der Waals surface area (Å²) in [5.41, 5.74) is 1.66. The van der Waals surface area contributed by atoms with E-state index in [0.717, 1.165) is 17.2 Å². The van der Waals surface area contributed by atoms with Crippen molar-refractivity contribution in [2.75, 3.05) is 12.4 Å². The molecule has 0 heterocycles. The van der Waals surface area contributed by atoms with Crippen molar-refractivity contribution in [3.8, 4) is 17.6 Å². The lowest BCUT2D eigenvalue weighted by Gasteiger charge is -2.14. The first kappa shape index (κ1) is 25.6. The van der Waals surface area contributed by atoms with Crippen LogP contribution in [0.15, 0.2) is 60.2 Å². The number of hydrogen-bond acceptors (Lipinski definition) is 6. The highest BCUT2D eigenvalue weighted by Crippen LogP contribution is 2.37. The lowest BCUT2D eigenvalue weighted by atomic mass is 10.1. The zero-order valence-electron chi connectivity index (χ0n) is 18.7. The highest BCUT2D eigenvalue weighted by molar-refractivity contribution is 6.32. The number of nitrogens with zero attached hydrogens (tertiary/aromatic N) is 2. The van der Waals surface area contributed by atoms with E-state index in [9.17, 15) is 20.2 Å². The number of methoxy groups -OCH3 is 1. The molecule has 0 aliphatic rings. The Hall–Kier alpha value is -4.06. The summed E-state index contributed by atoms with van der Waals surface area (Å²) < 4.78 is 11.2. The number of ether oxygens (including phenoxy) is 2. The fourth-order valence-corrected chi connectivity index (χ4v) is 3.51. The topological polar surface area (TPSA) is 114 Å². The molecule has 0 saturated heterocycles. The van der Waals surface area contributed by atoms with Crippen LogP contribution in [0.2, 0.25) is 10.0 Å².